The van der Waals surface area contributed by atoms with Gasteiger partial charge in [0.05, 0.1) is 42.7 Å². The van der Waals surface area contributed by atoms with Crippen LogP contribution in [0.3, 0.4) is 0 Å². The van der Waals surface area contributed by atoms with Crippen molar-refractivity contribution in [2.75, 3.05) is 19.8 Å². The van der Waals surface area contributed by atoms with Gasteiger partial charge in [0.15, 0.2) is 0 Å². The first-order valence-electron chi connectivity index (χ1n) is 8.28. The van der Waals surface area contributed by atoms with E-state index < -0.39 is 0 Å². The summed E-state index contributed by atoms with van der Waals surface area (Å²) in [5.41, 5.74) is 1.55. The average Bonchev–Trinajstić information content (AvgIpc) is 3.29. The molecule has 0 aliphatic carbocycles. The SMILES string of the molecule is Cc1nc(CO[C@@H]2CN(C(=O)c3cccc(Cl)c3)[C@@H]3COC[C@@H]32)cs1. The molecular weight excluding hydrogens is 360 g/mol. The minimum Gasteiger partial charge on any atom is -0.379 e. The van der Waals surface area contributed by atoms with Gasteiger partial charge < -0.3 is 14.4 Å². The van der Waals surface area contributed by atoms with E-state index in [1.807, 2.05) is 17.2 Å². The van der Waals surface area contributed by atoms with Crippen molar-refractivity contribution in [2.24, 2.45) is 5.92 Å². The zero-order chi connectivity index (χ0) is 17.4. The minimum absolute atomic E-state index is 0.0152. The van der Waals surface area contributed by atoms with E-state index in [4.69, 9.17) is 21.1 Å². The van der Waals surface area contributed by atoms with E-state index in [0.29, 0.717) is 37.0 Å². The molecule has 3 heterocycles. The zero-order valence-corrected chi connectivity index (χ0v) is 15.4. The maximum atomic E-state index is 12.9. The summed E-state index contributed by atoms with van der Waals surface area (Å²) in [7, 11) is 0. The number of carbonyl (C=O) groups excluding carboxylic acids is 1. The molecule has 132 valence electrons. The molecule has 0 radical (unpaired) electrons. The first kappa shape index (κ1) is 17.0. The van der Waals surface area contributed by atoms with Crippen LogP contribution >= 0.6 is 22.9 Å². The van der Waals surface area contributed by atoms with Gasteiger partial charge in [-0.25, -0.2) is 4.98 Å². The van der Waals surface area contributed by atoms with Crippen LogP contribution < -0.4 is 0 Å². The van der Waals surface area contributed by atoms with Crippen LogP contribution in [0.2, 0.25) is 5.02 Å². The van der Waals surface area contributed by atoms with Gasteiger partial charge in [0.1, 0.15) is 0 Å². The quantitative estimate of drug-likeness (QED) is 0.820. The predicted molar refractivity (Wildman–Crippen MR) is 96.0 cm³/mol. The molecule has 4 rings (SSSR count). The molecule has 25 heavy (non-hydrogen) atoms. The van der Waals surface area contributed by atoms with Crippen LogP contribution in [-0.4, -0.2) is 47.7 Å². The van der Waals surface area contributed by atoms with Gasteiger partial charge in [0.25, 0.3) is 5.91 Å². The third-order valence-corrected chi connectivity index (χ3v) is 5.85. The van der Waals surface area contributed by atoms with Gasteiger partial charge in [-0.2, -0.15) is 0 Å². The van der Waals surface area contributed by atoms with Gasteiger partial charge in [-0.3, -0.25) is 4.79 Å². The molecule has 2 aliphatic rings. The number of fused-ring (bicyclic) bond motifs is 1. The van der Waals surface area contributed by atoms with Crippen molar-refractivity contribution in [2.45, 2.75) is 25.7 Å². The van der Waals surface area contributed by atoms with Crippen LogP contribution in [0.5, 0.6) is 0 Å². The molecule has 2 aliphatic heterocycles. The van der Waals surface area contributed by atoms with Gasteiger partial charge in [-0.05, 0) is 25.1 Å². The molecule has 1 amide bonds. The zero-order valence-electron chi connectivity index (χ0n) is 13.9. The normalized spacial score (nSPS) is 25.4. The Morgan fingerprint density at radius 3 is 3.12 bits per heavy atom. The molecule has 0 spiro atoms. The second-order valence-electron chi connectivity index (χ2n) is 6.44. The van der Waals surface area contributed by atoms with Gasteiger partial charge in [-0.15, -0.1) is 11.3 Å². The van der Waals surface area contributed by atoms with E-state index in [2.05, 4.69) is 4.98 Å². The Hall–Kier alpha value is -1.47. The number of nitrogens with zero attached hydrogens (tertiary/aromatic N) is 2. The van der Waals surface area contributed by atoms with Crippen molar-refractivity contribution in [3.8, 4) is 0 Å². The molecule has 2 saturated heterocycles. The monoisotopic (exact) mass is 378 g/mol. The number of ether oxygens (including phenoxy) is 2. The number of aryl methyl sites for hydroxylation is 1. The Morgan fingerprint density at radius 2 is 2.36 bits per heavy atom. The Kier molecular flexibility index (Phi) is 4.78. The number of aromatic nitrogens is 1. The molecule has 0 unspecified atom stereocenters. The second-order valence-corrected chi connectivity index (χ2v) is 7.94. The molecule has 5 nitrogen and oxygen atoms in total. The number of carbonyl (C=O) groups is 1. The molecule has 2 aromatic rings. The highest BCUT2D eigenvalue weighted by Crippen LogP contribution is 2.34. The molecule has 0 N–H and O–H groups in total. The Labute approximate surface area is 155 Å². The van der Waals surface area contributed by atoms with Crippen molar-refractivity contribution < 1.29 is 14.3 Å². The lowest BCUT2D eigenvalue weighted by atomic mass is 10.0. The number of amides is 1. The van der Waals surface area contributed by atoms with Gasteiger partial charge in [0, 0.05) is 28.4 Å². The highest BCUT2D eigenvalue weighted by molar-refractivity contribution is 7.09. The molecule has 1 aromatic carbocycles. The smallest absolute Gasteiger partial charge is 0.254 e. The molecule has 1 aromatic heterocycles. The number of hydrogen-bond acceptors (Lipinski definition) is 5. The highest BCUT2D eigenvalue weighted by atomic mass is 35.5. The lowest BCUT2D eigenvalue weighted by molar-refractivity contribution is 0.00816. The van der Waals surface area contributed by atoms with Crippen LogP contribution in [0.15, 0.2) is 29.6 Å². The van der Waals surface area contributed by atoms with Crippen molar-refractivity contribution in [1.29, 1.82) is 0 Å². The Balaban J connectivity index is 1.47. The summed E-state index contributed by atoms with van der Waals surface area (Å²) in [6.07, 6.45) is -0.0300. The number of rotatable bonds is 4. The molecule has 0 bridgehead atoms. The predicted octanol–water partition coefficient (Wildman–Crippen LogP) is 3.16. The summed E-state index contributed by atoms with van der Waals surface area (Å²) in [5.74, 6) is 0.196. The topological polar surface area (TPSA) is 51.7 Å². The molecule has 2 fully saturated rings. The van der Waals surface area contributed by atoms with E-state index in [1.54, 1.807) is 35.6 Å². The minimum atomic E-state index is -0.0300. The second kappa shape index (κ2) is 7.03. The highest BCUT2D eigenvalue weighted by Gasteiger charge is 2.48. The number of hydrogen-bond donors (Lipinski definition) is 0. The van der Waals surface area contributed by atoms with Crippen molar-refractivity contribution >= 4 is 28.8 Å². The first-order chi connectivity index (χ1) is 12.1. The maximum Gasteiger partial charge on any atom is 0.254 e. The van der Waals surface area contributed by atoms with Crippen molar-refractivity contribution in [3.63, 3.8) is 0 Å². The Morgan fingerprint density at radius 1 is 1.48 bits per heavy atom. The van der Waals surface area contributed by atoms with Crippen molar-refractivity contribution in [3.05, 3.63) is 50.9 Å². The van der Waals surface area contributed by atoms with Crippen LogP contribution in [0.25, 0.3) is 0 Å². The lowest BCUT2D eigenvalue weighted by Crippen LogP contribution is -2.38. The average molecular weight is 379 g/mol. The van der Waals surface area contributed by atoms with E-state index >= 15 is 0 Å². The molecule has 3 atom stereocenters. The summed E-state index contributed by atoms with van der Waals surface area (Å²) in [6, 6.07) is 7.14. The van der Waals surface area contributed by atoms with Crippen LogP contribution in [0.1, 0.15) is 21.1 Å². The van der Waals surface area contributed by atoms with Crippen LogP contribution in [0.4, 0.5) is 0 Å². The summed E-state index contributed by atoms with van der Waals surface area (Å²) in [6.45, 7) is 4.22. The Bertz CT molecular complexity index is 781. The maximum absolute atomic E-state index is 12.9. The third kappa shape index (κ3) is 3.44. The number of halogens is 1. The van der Waals surface area contributed by atoms with Gasteiger partial charge in [0.2, 0.25) is 0 Å². The third-order valence-electron chi connectivity index (χ3n) is 4.79. The largest absolute Gasteiger partial charge is 0.379 e. The number of benzene rings is 1. The van der Waals surface area contributed by atoms with Crippen LogP contribution in [-0.2, 0) is 16.1 Å². The lowest BCUT2D eigenvalue weighted by Gasteiger charge is -2.22. The summed E-state index contributed by atoms with van der Waals surface area (Å²) >= 11 is 7.65. The molecule has 7 heteroatoms. The summed E-state index contributed by atoms with van der Waals surface area (Å²) < 4.78 is 11.7. The molecule has 0 saturated carbocycles. The molecular formula is C18H19ClN2O3S. The van der Waals surface area contributed by atoms with E-state index in [9.17, 15) is 4.79 Å². The fourth-order valence-corrected chi connectivity index (χ4v) is 4.35. The fraction of sp³-hybridized carbons (Fsp3) is 0.444. The van der Waals surface area contributed by atoms with Gasteiger partial charge in [-0.1, -0.05) is 17.7 Å². The van der Waals surface area contributed by atoms with Gasteiger partial charge >= 0.3 is 0 Å². The first-order valence-corrected chi connectivity index (χ1v) is 9.54. The van der Waals surface area contributed by atoms with E-state index in [1.165, 1.54) is 0 Å². The number of likely N-dealkylation sites (tertiary alicyclic amines) is 1. The number of thiazole rings is 1. The fourth-order valence-electron chi connectivity index (χ4n) is 3.56. The van der Waals surface area contributed by atoms with E-state index in [-0.39, 0.29) is 24.0 Å². The summed E-state index contributed by atoms with van der Waals surface area (Å²) in [5, 5.41) is 3.61. The van der Waals surface area contributed by atoms with E-state index in [0.717, 1.165) is 10.7 Å². The van der Waals surface area contributed by atoms with Crippen LogP contribution in [0, 0.1) is 12.8 Å². The van der Waals surface area contributed by atoms with Crippen molar-refractivity contribution in [1.82, 2.24) is 9.88 Å². The standard InChI is InChI=1S/C18H19ClN2O3S/c1-11-20-14(10-25-11)7-24-17-6-21(16-9-23-8-15(16)17)18(22)12-3-2-4-13(19)5-12/h2-5,10,15-17H,6-9H2,1H3/t15-,16+,17+/m0/s1. The summed E-state index contributed by atoms with van der Waals surface area (Å²) in [4.78, 5) is 19.2.